The van der Waals surface area contributed by atoms with Crippen molar-refractivity contribution in [2.24, 2.45) is 0 Å². The maximum Gasteiger partial charge on any atom is 0.164 e. The van der Waals surface area contributed by atoms with Crippen molar-refractivity contribution >= 4 is 86.1 Å². The highest BCUT2D eigenvalue weighted by Crippen LogP contribution is 2.45. The van der Waals surface area contributed by atoms with E-state index in [9.17, 15) is 0 Å². The van der Waals surface area contributed by atoms with Crippen molar-refractivity contribution in [1.82, 2.24) is 15.0 Å². The fourth-order valence-electron chi connectivity index (χ4n) is 10.5. The van der Waals surface area contributed by atoms with Crippen LogP contribution in [0.15, 0.2) is 224 Å². The molecule has 14 rings (SSSR count). The normalized spacial score (nSPS) is 11.9. The number of benzene rings is 11. The summed E-state index contributed by atoms with van der Waals surface area (Å²) in [6, 6.07) is 81.4. The van der Waals surface area contributed by atoms with Crippen LogP contribution in [-0.2, 0) is 0 Å². The lowest BCUT2D eigenvalue weighted by Gasteiger charge is -2.18. The highest BCUT2D eigenvalue weighted by Gasteiger charge is 2.19. The SMILES string of the molecule is c1ccc(-c2nc(-c3ccc(-c4ccccc4-c4cc5ccc6cccc7c8cccc9ccc%10cccc(c(c4)c5c67)c%10c98)cc3)nc(-c3cccc(-c4cc5ccccc5s4)c3)n2)cc1. The van der Waals surface area contributed by atoms with E-state index in [0.29, 0.717) is 17.5 Å². The van der Waals surface area contributed by atoms with Crippen molar-refractivity contribution in [3.8, 4) is 66.9 Å². The van der Waals surface area contributed by atoms with Crippen LogP contribution in [-0.4, -0.2) is 15.0 Å². The van der Waals surface area contributed by atoms with E-state index in [4.69, 9.17) is 15.0 Å². The maximum atomic E-state index is 5.16. The smallest absolute Gasteiger partial charge is 0.164 e. The molecule has 12 aromatic carbocycles. The van der Waals surface area contributed by atoms with Crippen LogP contribution >= 0.6 is 11.3 Å². The highest BCUT2D eigenvalue weighted by molar-refractivity contribution is 7.22. The first-order chi connectivity index (χ1) is 33.2. The predicted octanol–water partition coefficient (Wildman–Crippen LogP) is 17.4. The van der Waals surface area contributed by atoms with Gasteiger partial charge in [-0.1, -0.05) is 194 Å². The van der Waals surface area contributed by atoms with Gasteiger partial charge in [0.25, 0.3) is 0 Å². The molecular formula is C63H37N3S. The second-order valence-corrected chi connectivity index (χ2v) is 18.6. The molecule has 0 aliphatic carbocycles. The summed E-state index contributed by atoms with van der Waals surface area (Å²) in [6.45, 7) is 0. The molecule has 0 saturated heterocycles. The molecule has 2 heterocycles. The topological polar surface area (TPSA) is 38.7 Å². The number of nitrogens with zero attached hydrogens (tertiary/aromatic N) is 3. The summed E-state index contributed by atoms with van der Waals surface area (Å²) in [4.78, 5) is 16.5. The van der Waals surface area contributed by atoms with Crippen molar-refractivity contribution in [3.63, 3.8) is 0 Å². The lowest BCUT2D eigenvalue weighted by Crippen LogP contribution is -2.00. The van der Waals surface area contributed by atoms with E-state index in [0.717, 1.165) is 33.4 Å². The zero-order valence-corrected chi connectivity index (χ0v) is 36.9. The van der Waals surface area contributed by atoms with Crippen molar-refractivity contribution in [3.05, 3.63) is 224 Å². The Morgan fingerprint density at radius 2 is 0.716 bits per heavy atom. The van der Waals surface area contributed by atoms with Crippen LogP contribution in [0.1, 0.15) is 0 Å². The van der Waals surface area contributed by atoms with E-state index in [2.05, 4.69) is 206 Å². The number of hydrogen-bond donors (Lipinski definition) is 0. The Kier molecular flexibility index (Phi) is 8.45. The largest absolute Gasteiger partial charge is 0.208 e. The molecule has 0 unspecified atom stereocenters. The van der Waals surface area contributed by atoms with Gasteiger partial charge in [-0.3, -0.25) is 0 Å². The van der Waals surface area contributed by atoms with Gasteiger partial charge in [-0.05, 0) is 128 Å². The lowest BCUT2D eigenvalue weighted by atomic mass is 9.85. The van der Waals surface area contributed by atoms with Crippen LogP contribution in [0.5, 0.6) is 0 Å². The van der Waals surface area contributed by atoms with Gasteiger partial charge in [0.2, 0.25) is 0 Å². The van der Waals surface area contributed by atoms with Gasteiger partial charge in [-0.15, -0.1) is 11.3 Å². The summed E-state index contributed by atoms with van der Waals surface area (Å²) >= 11 is 1.80. The molecule has 3 nitrogen and oxygen atoms in total. The summed E-state index contributed by atoms with van der Waals surface area (Å²) < 4.78 is 1.27. The number of rotatable bonds is 6. The second kappa shape index (κ2) is 15.0. The Balaban J connectivity index is 0.910. The molecule has 14 aromatic rings. The van der Waals surface area contributed by atoms with Crippen molar-refractivity contribution < 1.29 is 0 Å². The van der Waals surface area contributed by atoms with Crippen molar-refractivity contribution in [2.45, 2.75) is 0 Å². The van der Waals surface area contributed by atoms with Gasteiger partial charge in [0.1, 0.15) is 0 Å². The van der Waals surface area contributed by atoms with Crippen LogP contribution in [0.3, 0.4) is 0 Å². The van der Waals surface area contributed by atoms with E-state index >= 15 is 0 Å². The van der Waals surface area contributed by atoms with Crippen LogP contribution < -0.4 is 0 Å². The van der Waals surface area contributed by atoms with Crippen LogP contribution in [0.2, 0.25) is 0 Å². The average Bonchev–Trinajstić information content (AvgIpc) is 3.85. The average molecular weight is 868 g/mol. The minimum atomic E-state index is 0.633. The molecule has 0 spiro atoms. The first kappa shape index (κ1) is 37.8. The molecule has 0 atom stereocenters. The van der Waals surface area contributed by atoms with Gasteiger partial charge in [0.15, 0.2) is 17.5 Å². The molecule has 310 valence electrons. The summed E-state index contributed by atoms with van der Waals surface area (Å²) in [5, 5.41) is 16.6. The standard InChI is InChI=1S/C63H37N3S/c1-2-12-42(13-3-1)61-64-62(66-63(65-61)47-19-8-18-44(34-47)56-37-45-14-4-7-25-55(45)67-56)43-31-26-38(27-32-43)49-20-5-6-21-50(49)48-35-46-33-30-41-16-10-23-52-51-22-9-15-39-28-29-40-17-11-24-53(59(40)57(39)51)54(36-48)60(46)58(41)52/h1-37H. The third-order valence-electron chi connectivity index (χ3n) is 13.6. The Labute approximate surface area is 390 Å². The first-order valence-corrected chi connectivity index (χ1v) is 23.6. The monoisotopic (exact) mass is 867 g/mol. The van der Waals surface area contributed by atoms with Crippen LogP contribution in [0, 0.1) is 0 Å². The number of fused-ring (bicyclic) bond motifs is 3. The summed E-state index contributed by atoms with van der Waals surface area (Å²) in [6.07, 6.45) is 0. The Morgan fingerprint density at radius 3 is 1.37 bits per heavy atom. The quantitative estimate of drug-likeness (QED) is 0.156. The summed E-state index contributed by atoms with van der Waals surface area (Å²) in [7, 11) is 0. The molecule has 0 fully saturated rings. The lowest BCUT2D eigenvalue weighted by molar-refractivity contribution is 1.07. The minimum absolute atomic E-state index is 0.633. The molecular weight excluding hydrogens is 831 g/mol. The first-order valence-electron chi connectivity index (χ1n) is 22.7. The van der Waals surface area contributed by atoms with Gasteiger partial charge in [-0.2, -0.15) is 0 Å². The Bertz CT molecular complexity index is 4230. The Morgan fingerprint density at radius 1 is 0.254 bits per heavy atom. The molecule has 0 aliphatic heterocycles. The zero-order valence-electron chi connectivity index (χ0n) is 36.1. The van der Waals surface area contributed by atoms with E-state index in [1.807, 2.05) is 18.2 Å². The van der Waals surface area contributed by atoms with Gasteiger partial charge in [0, 0.05) is 26.3 Å². The van der Waals surface area contributed by atoms with E-state index in [-0.39, 0.29) is 0 Å². The number of hydrogen-bond acceptors (Lipinski definition) is 4. The van der Waals surface area contributed by atoms with Crippen molar-refractivity contribution in [2.75, 3.05) is 0 Å². The van der Waals surface area contributed by atoms with E-state index < -0.39 is 0 Å². The minimum Gasteiger partial charge on any atom is -0.208 e. The van der Waals surface area contributed by atoms with Crippen LogP contribution in [0.25, 0.3) is 142 Å². The third-order valence-corrected chi connectivity index (χ3v) is 14.8. The van der Waals surface area contributed by atoms with Crippen molar-refractivity contribution in [1.29, 1.82) is 0 Å². The van der Waals surface area contributed by atoms with Gasteiger partial charge >= 0.3 is 0 Å². The third kappa shape index (κ3) is 6.15. The molecule has 67 heavy (non-hydrogen) atoms. The maximum absolute atomic E-state index is 5.16. The highest BCUT2D eigenvalue weighted by atomic mass is 32.1. The molecule has 0 radical (unpaired) electrons. The van der Waals surface area contributed by atoms with Gasteiger partial charge < -0.3 is 0 Å². The summed E-state index contributed by atoms with van der Waals surface area (Å²) in [5.41, 5.74) is 8.62. The van der Waals surface area contributed by atoms with E-state index in [1.165, 1.54) is 90.7 Å². The van der Waals surface area contributed by atoms with Gasteiger partial charge in [0.05, 0.1) is 0 Å². The van der Waals surface area contributed by atoms with Gasteiger partial charge in [-0.25, -0.2) is 15.0 Å². The molecule has 2 aromatic heterocycles. The molecule has 0 aliphatic rings. The number of aromatic nitrogens is 3. The molecule has 4 heteroatoms. The Hall–Kier alpha value is -8.57. The molecule has 0 amide bonds. The molecule has 0 saturated carbocycles. The summed E-state index contributed by atoms with van der Waals surface area (Å²) in [5.74, 6) is 1.92. The second-order valence-electron chi connectivity index (χ2n) is 17.5. The van der Waals surface area contributed by atoms with Crippen LogP contribution in [0.4, 0.5) is 0 Å². The fourth-order valence-corrected chi connectivity index (χ4v) is 11.6. The zero-order chi connectivity index (χ0) is 44.0. The van der Waals surface area contributed by atoms with E-state index in [1.54, 1.807) is 11.3 Å². The predicted molar refractivity (Wildman–Crippen MR) is 284 cm³/mol. The molecule has 0 N–H and O–H groups in total. The number of thiophene rings is 1. The molecule has 0 bridgehead atoms. The fraction of sp³-hybridized carbons (Fsp3) is 0.